The molecule has 5 nitrogen and oxygen atoms in total. The molecule has 0 spiro atoms. The van der Waals surface area contributed by atoms with Crippen molar-refractivity contribution in [3.8, 4) is 0 Å². The number of ether oxygens (including phenoxy) is 1. The van der Waals surface area contributed by atoms with Crippen LogP contribution in [0.4, 0.5) is 4.39 Å². The van der Waals surface area contributed by atoms with Crippen molar-refractivity contribution in [2.24, 2.45) is 0 Å². The first-order chi connectivity index (χ1) is 14.5. The number of nitrogens with zero attached hydrogens (tertiary/aromatic N) is 1. The maximum absolute atomic E-state index is 13.0. The number of esters is 1. The van der Waals surface area contributed by atoms with E-state index in [1.807, 2.05) is 38.1 Å². The van der Waals surface area contributed by atoms with Gasteiger partial charge in [-0.3, -0.25) is 9.59 Å². The predicted molar refractivity (Wildman–Crippen MR) is 112 cm³/mol. The van der Waals surface area contributed by atoms with E-state index in [9.17, 15) is 18.8 Å². The highest BCUT2D eigenvalue weighted by Gasteiger charge is 2.35. The Hall–Kier alpha value is -3.02. The first-order valence-electron chi connectivity index (χ1n) is 10.3. The summed E-state index contributed by atoms with van der Waals surface area (Å²) in [6.07, 6.45) is 0.374. The molecule has 0 aliphatic carbocycles. The van der Waals surface area contributed by atoms with E-state index < -0.39 is 17.8 Å². The Kier molecular flexibility index (Phi) is 8.71. The highest BCUT2D eigenvalue weighted by Crippen LogP contribution is 2.25. The fraction of sp³-hybridized carbons (Fsp3) is 0.375. The highest BCUT2D eigenvalue weighted by molar-refractivity contribution is 5.98. The van der Waals surface area contributed by atoms with E-state index in [2.05, 4.69) is 0 Å². The number of carbonyl (C=O) groups excluding carboxylic acids is 3. The van der Waals surface area contributed by atoms with Gasteiger partial charge in [0.25, 0.3) is 0 Å². The summed E-state index contributed by atoms with van der Waals surface area (Å²) in [6, 6.07) is 12.2. The van der Waals surface area contributed by atoms with Crippen molar-refractivity contribution >= 4 is 17.7 Å². The molecule has 160 valence electrons. The number of rotatable bonds is 6. The Balaban J connectivity index is 0.00000155. The fourth-order valence-corrected chi connectivity index (χ4v) is 3.38. The van der Waals surface area contributed by atoms with Gasteiger partial charge in [-0.2, -0.15) is 0 Å². The first-order valence-corrected chi connectivity index (χ1v) is 10.3. The van der Waals surface area contributed by atoms with E-state index in [1.54, 1.807) is 6.92 Å². The number of benzene rings is 2. The van der Waals surface area contributed by atoms with Gasteiger partial charge in [-0.1, -0.05) is 38.1 Å². The van der Waals surface area contributed by atoms with Crippen molar-refractivity contribution in [2.45, 2.75) is 52.6 Å². The molecule has 3 rings (SSSR count). The van der Waals surface area contributed by atoms with Gasteiger partial charge in [0.05, 0.1) is 6.61 Å². The van der Waals surface area contributed by atoms with Gasteiger partial charge in [0.1, 0.15) is 11.9 Å². The Bertz CT molecular complexity index is 879. The number of fused-ring (bicyclic) bond motifs is 1. The van der Waals surface area contributed by atoms with Crippen LogP contribution >= 0.6 is 0 Å². The summed E-state index contributed by atoms with van der Waals surface area (Å²) in [5.74, 6) is -1.37. The van der Waals surface area contributed by atoms with Crippen LogP contribution in [0.25, 0.3) is 0 Å². The smallest absolute Gasteiger partial charge is 0.329 e. The number of carbonyl (C=O) groups is 3. The lowest BCUT2D eigenvalue weighted by molar-refractivity contribution is -0.156. The van der Waals surface area contributed by atoms with E-state index >= 15 is 0 Å². The third kappa shape index (κ3) is 5.75. The molecule has 30 heavy (non-hydrogen) atoms. The molecule has 0 radical (unpaired) electrons. The second kappa shape index (κ2) is 11.2. The third-order valence-electron chi connectivity index (χ3n) is 4.86. The van der Waals surface area contributed by atoms with Gasteiger partial charge in [0.15, 0.2) is 5.78 Å². The van der Waals surface area contributed by atoms with E-state index in [1.165, 1.54) is 29.2 Å². The van der Waals surface area contributed by atoms with Gasteiger partial charge >= 0.3 is 5.97 Å². The topological polar surface area (TPSA) is 63.7 Å². The van der Waals surface area contributed by atoms with Gasteiger partial charge in [-0.15, -0.1) is 0 Å². The van der Waals surface area contributed by atoms with Crippen molar-refractivity contribution in [3.63, 3.8) is 0 Å². The molecular weight excluding hydrogens is 385 g/mol. The molecule has 1 unspecified atom stereocenters. The van der Waals surface area contributed by atoms with Crippen LogP contribution in [0.15, 0.2) is 48.5 Å². The Morgan fingerprint density at radius 1 is 1.00 bits per heavy atom. The molecule has 1 atom stereocenters. The standard InChI is InChI=1S/C22H22FNO4.C2H6/c1-2-28-22(27)19-13-16-5-3-4-6-17(16)14-24(19)21(26)12-11-20(25)15-7-9-18(23)10-8-15;1-2/h3-10,19H,2,11-14H2,1H3;1-2H3. The second-order valence-electron chi connectivity index (χ2n) is 6.69. The summed E-state index contributed by atoms with van der Waals surface area (Å²) in [5, 5.41) is 0. The molecule has 1 amide bonds. The van der Waals surface area contributed by atoms with Gasteiger partial charge < -0.3 is 9.64 Å². The zero-order chi connectivity index (χ0) is 22.1. The number of amides is 1. The van der Waals surface area contributed by atoms with Crippen LogP contribution in [-0.4, -0.2) is 35.2 Å². The molecule has 2 aromatic carbocycles. The minimum atomic E-state index is -0.691. The van der Waals surface area contributed by atoms with Gasteiger partial charge in [0, 0.05) is 31.4 Å². The average molecular weight is 413 g/mol. The zero-order valence-corrected chi connectivity index (χ0v) is 17.7. The van der Waals surface area contributed by atoms with Gasteiger partial charge in [-0.05, 0) is 42.3 Å². The second-order valence-corrected chi connectivity index (χ2v) is 6.69. The summed E-state index contributed by atoms with van der Waals surface area (Å²) in [5.41, 5.74) is 2.37. The van der Waals surface area contributed by atoms with Crippen molar-refractivity contribution in [3.05, 3.63) is 71.0 Å². The van der Waals surface area contributed by atoms with Crippen LogP contribution in [0, 0.1) is 5.82 Å². The van der Waals surface area contributed by atoms with Crippen molar-refractivity contribution in [2.75, 3.05) is 6.61 Å². The Labute approximate surface area is 176 Å². The minimum Gasteiger partial charge on any atom is -0.464 e. The van der Waals surface area contributed by atoms with Crippen molar-refractivity contribution < 1.29 is 23.5 Å². The maximum Gasteiger partial charge on any atom is 0.329 e. The summed E-state index contributed by atoms with van der Waals surface area (Å²) in [7, 11) is 0. The quantitative estimate of drug-likeness (QED) is 0.522. The summed E-state index contributed by atoms with van der Waals surface area (Å²) >= 11 is 0. The number of ketones is 1. The lowest BCUT2D eigenvalue weighted by Crippen LogP contribution is -2.49. The molecule has 0 N–H and O–H groups in total. The van der Waals surface area contributed by atoms with Crippen LogP contribution in [-0.2, 0) is 27.3 Å². The lowest BCUT2D eigenvalue weighted by atomic mass is 9.93. The lowest BCUT2D eigenvalue weighted by Gasteiger charge is -2.35. The third-order valence-corrected chi connectivity index (χ3v) is 4.86. The zero-order valence-electron chi connectivity index (χ0n) is 17.7. The van der Waals surface area contributed by atoms with E-state index in [0.717, 1.165) is 11.1 Å². The molecule has 1 aliphatic heterocycles. The largest absolute Gasteiger partial charge is 0.464 e. The average Bonchev–Trinajstić information content (AvgIpc) is 2.78. The number of Topliss-reactive ketones (excluding diaryl/α,β-unsaturated/α-hetero) is 1. The normalized spacial score (nSPS) is 14.8. The molecule has 1 heterocycles. The van der Waals surface area contributed by atoms with Crippen LogP contribution < -0.4 is 0 Å². The Morgan fingerprint density at radius 2 is 1.63 bits per heavy atom. The number of hydrogen-bond acceptors (Lipinski definition) is 4. The van der Waals surface area contributed by atoms with E-state index in [-0.39, 0.29) is 31.1 Å². The van der Waals surface area contributed by atoms with E-state index in [4.69, 9.17) is 4.74 Å². The monoisotopic (exact) mass is 413 g/mol. The molecule has 0 saturated carbocycles. The molecule has 0 saturated heterocycles. The number of halogens is 1. The predicted octanol–water partition coefficient (Wildman–Crippen LogP) is 4.33. The van der Waals surface area contributed by atoms with Crippen molar-refractivity contribution in [1.29, 1.82) is 0 Å². The molecule has 0 fully saturated rings. The molecule has 0 bridgehead atoms. The fourth-order valence-electron chi connectivity index (χ4n) is 3.38. The number of hydrogen-bond donors (Lipinski definition) is 0. The first kappa shape index (κ1) is 23.3. The Morgan fingerprint density at radius 3 is 2.27 bits per heavy atom. The SMILES string of the molecule is CC.CCOC(=O)C1Cc2ccccc2CN1C(=O)CCC(=O)c1ccc(F)cc1. The van der Waals surface area contributed by atoms with Crippen LogP contribution in [0.1, 0.15) is 55.1 Å². The minimum absolute atomic E-state index is 0.00183. The van der Waals surface area contributed by atoms with Gasteiger partial charge in [0.2, 0.25) is 5.91 Å². The van der Waals surface area contributed by atoms with Crippen molar-refractivity contribution in [1.82, 2.24) is 4.90 Å². The molecule has 0 aromatic heterocycles. The van der Waals surface area contributed by atoms with Crippen LogP contribution in [0.2, 0.25) is 0 Å². The molecule has 6 heteroatoms. The summed E-state index contributed by atoms with van der Waals surface area (Å²) < 4.78 is 18.1. The summed E-state index contributed by atoms with van der Waals surface area (Å²) in [6.45, 7) is 6.27. The molecule has 1 aliphatic rings. The highest BCUT2D eigenvalue weighted by atomic mass is 19.1. The molecule has 2 aromatic rings. The summed E-state index contributed by atoms with van der Waals surface area (Å²) in [4.78, 5) is 39.0. The van der Waals surface area contributed by atoms with Crippen LogP contribution in [0.5, 0.6) is 0 Å². The molecular formula is C24H28FNO4. The van der Waals surface area contributed by atoms with Gasteiger partial charge in [-0.25, -0.2) is 9.18 Å². The maximum atomic E-state index is 13.0. The van der Waals surface area contributed by atoms with E-state index in [0.29, 0.717) is 18.5 Å². The van der Waals surface area contributed by atoms with Crippen LogP contribution in [0.3, 0.4) is 0 Å².